The third-order valence-electron chi connectivity index (χ3n) is 2.99. The maximum atomic E-state index is 10.4. The van der Waals surface area contributed by atoms with Gasteiger partial charge in [0.2, 0.25) is 6.54 Å². The molecule has 0 aromatic carbocycles. The molecule has 0 N–H and O–H groups in total. The molecular formula is C9H15NO4. The number of hydrogen-bond acceptors (Lipinski definition) is 4. The van der Waals surface area contributed by atoms with Crippen LogP contribution in [0, 0.1) is 16.0 Å². The van der Waals surface area contributed by atoms with E-state index in [-0.39, 0.29) is 17.4 Å². The average molecular weight is 201 g/mol. The van der Waals surface area contributed by atoms with Crippen LogP contribution in [-0.2, 0) is 9.47 Å². The molecule has 2 rings (SSSR count). The molecule has 2 aliphatic rings. The lowest BCUT2D eigenvalue weighted by Crippen LogP contribution is -2.38. The molecule has 1 saturated heterocycles. The lowest BCUT2D eigenvalue weighted by Gasteiger charge is -2.34. The summed E-state index contributed by atoms with van der Waals surface area (Å²) in [4.78, 5) is 10.2. The Kier molecular flexibility index (Phi) is 2.69. The summed E-state index contributed by atoms with van der Waals surface area (Å²) in [5.74, 6) is -0.351. The van der Waals surface area contributed by atoms with E-state index < -0.39 is 5.79 Å². The van der Waals surface area contributed by atoms with Gasteiger partial charge < -0.3 is 9.47 Å². The van der Waals surface area contributed by atoms with Gasteiger partial charge in [-0.2, -0.15) is 0 Å². The summed E-state index contributed by atoms with van der Waals surface area (Å²) in [5.41, 5.74) is 0. The van der Waals surface area contributed by atoms with Crippen molar-refractivity contribution in [3.63, 3.8) is 0 Å². The molecule has 0 bridgehead atoms. The quantitative estimate of drug-likeness (QED) is 0.497. The normalized spacial score (nSPS) is 30.7. The molecular weight excluding hydrogens is 186 g/mol. The largest absolute Gasteiger partial charge is 0.348 e. The van der Waals surface area contributed by atoms with Gasteiger partial charge in [0.15, 0.2) is 5.79 Å². The van der Waals surface area contributed by atoms with E-state index in [2.05, 4.69) is 0 Å². The van der Waals surface area contributed by atoms with E-state index in [9.17, 15) is 10.1 Å². The molecule has 1 aliphatic heterocycles. The first-order valence-electron chi connectivity index (χ1n) is 5.10. The van der Waals surface area contributed by atoms with Gasteiger partial charge in [0.25, 0.3) is 0 Å². The smallest absolute Gasteiger partial charge is 0.206 e. The highest BCUT2D eigenvalue weighted by Crippen LogP contribution is 2.38. The number of ether oxygens (including phenoxy) is 2. The minimum absolute atomic E-state index is 0.0501. The summed E-state index contributed by atoms with van der Waals surface area (Å²) in [5, 5.41) is 10.4. The molecule has 14 heavy (non-hydrogen) atoms. The Morgan fingerprint density at radius 2 is 2.14 bits per heavy atom. The van der Waals surface area contributed by atoms with Crippen molar-refractivity contribution in [2.75, 3.05) is 19.8 Å². The number of hydrogen-bond donors (Lipinski definition) is 0. The van der Waals surface area contributed by atoms with Crippen LogP contribution in [0.4, 0.5) is 0 Å². The number of nitrogens with zero attached hydrogens (tertiary/aromatic N) is 1. The van der Waals surface area contributed by atoms with E-state index in [0.717, 1.165) is 19.3 Å². The first-order chi connectivity index (χ1) is 6.70. The Hall–Kier alpha value is -0.680. The molecule has 1 heterocycles. The molecule has 1 spiro atoms. The third kappa shape index (κ3) is 2.04. The van der Waals surface area contributed by atoms with Crippen LogP contribution in [0.5, 0.6) is 0 Å². The van der Waals surface area contributed by atoms with Gasteiger partial charge in [-0.1, -0.05) is 0 Å². The molecule has 1 aliphatic carbocycles. The predicted molar refractivity (Wildman–Crippen MR) is 48.5 cm³/mol. The van der Waals surface area contributed by atoms with Gasteiger partial charge in [-0.15, -0.1) is 0 Å². The summed E-state index contributed by atoms with van der Waals surface area (Å²) < 4.78 is 11.1. The maximum Gasteiger partial charge on any atom is 0.206 e. The predicted octanol–water partition coefficient (Wildman–Crippen LogP) is 1.20. The molecule has 2 fully saturated rings. The number of rotatable bonds is 2. The van der Waals surface area contributed by atoms with Crippen molar-refractivity contribution in [1.29, 1.82) is 0 Å². The minimum Gasteiger partial charge on any atom is -0.348 e. The van der Waals surface area contributed by atoms with E-state index in [0.29, 0.717) is 19.6 Å². The SMILES string of the molecule is O=[N+]([O-])CC1CCCC2(C1)OCCO2. The molecule has 0 amide bonds. The van der Waals surface area contributed by atoms with Crippen LogP contribution < -0.4 is 0 Å². The van der Waals surface area contributed by atoms with Crippen LogP contribution in [0.2, 0.25) is 0 Å². The standard InChI is InChI=1S/C9H15NO4/c11-10(12)7-8-2-1-3-9(6-8)13-4-5-14-9/h8H,1-7H2. The van der Waals surface area contributed by atoms with Gasteiger partial charge in [-0.3, -0.25) is 10.1 Å². The van der Waals surface area contributed by atoms with Crippen LogP contribution in [0.1, 0.15) is 25.7 Å². The van der Waals surface area contributed by atoms with E-state index >= 15 is 0 Å². The van der Waals surface area contributed by atoms with Gasteiger partial charge in [-0.05, 0) is 12.8 Å². The fourth-order valence-electron chi connectivity index (χ4n) is 2.43. The minimum atomic E-state index is -0.473. The molecule has 5 nitrogen and oxygen atoms in total. The Bertz CT molecular complexity index is 225. The Morgan fingerprint density at radius 1 is 1.43 bits per heavy atom. The highest BCUT2D eigenvalue weighted by atomic mass is 16.7. The Morgan fingerprint density at radius 3 is 2.79 bits per heavy atom. The zero-order valence-electron chi connectivity index (χ0n) is 8.11. The van der Waals surface area contributed by atoms with E-state index in [1.807, 2.05) is 0 Å². The fourth-order valence-corrected chi connectivity index (χ4v) is 2.43. The van der Waals surface area contributed by atoms with Crippen molar-refractivity contribution in [3.8, 4) is 0 Å². The maximum absolute atomic E-state index is 10.4. The summed E-state index contributed by atoms with van der Waals surface area (Å²) in [6.07, 6.45) is 3.48. The summed E-state index contributed by atoms with van der Waals surface area (Å²) >= 11 is 0. The zero-order valence-corrected chi connectivity index (χ0v) is 8.11. The van der Waals surface area contributed by atoms with Crippen molar-refractivity contribution in [1.82, 2.24) is 0 Å². The van der Waals surface area contributed by atoms with Crippen LogP contribution >= 0.6 is 0 Å². The topological polar surface area (TPSA) is 61.6 Å². The molecule has 1 unspecified atom stereocenters. The van der Waals surface area contributed by atoms with Crippen molar-refractivity contribution < 1.29 is 14.4 Å². The second-order valence-corrected chi connectivity index (χ2v) is 4.09. The molecule has 5 heteroatoms. The van der Waals surface area contributed by atoms with Crippen LogP contribution in [0.15, 0.2) is 0 Å². The van der Waals surface area contributed by atoms with Gasteiger partial charge in [0.1, 0.15) is 0 Å². The van der Waals surface area contributed by atoms with Gasteiger partial charge in [0, 0.05) is 23.7 Å². The Labute approximate surface area is 82.5 Å². The lowest BCUT2D eigenvalue weighted by atomic mass is 9.85. The molecule has 0 aromatic rings. The summed E-state index contributed by atoms with van der Waals surface area (Å²) in [7, 11) is 0. The fraction of sp³-hybridized carbons (Fsp3) is 1.00. The second kappa shape index (κ2) is 3.82. The first-order valence-corrected chi connectivity index (χ1v) is 5.10. The monoisotopic (exact) mass is 201 g/mol. The summed E-state index contributed by atoms with van der Waals surface area (Å²) in [6.45, 7) is 1.31. The first kappa shape index (κ1) is 9.86. The average Bonchev–Trinajstić information content (AvgIpc) is 2.52. The number of nitro groups is 1. The summed E-state index contributed by atoms with van der Waals surface area (Å²) in [6, 6.07) is 0. The van der Waals surface area contributed by atoms with Crippen molar-refractivity contribution in [2.45, 2.75) is 31.5 Å². The van der Waals surface area contributed by atoms with Crippen molar-refractivity contribution >= 4 is 0 Å². The van der Waals surface area contributed by atoms with Crippen LogP contribution in [-0.4, -0.2) is 30.5 Å². The second-order valence-electron chi connectivity index (χ2n) is 4.09. The molecule has 0 aromatic heterocycles. The molecule has 80 valence electrons. The highest BCUT2D eigenvalue weighted by molar-refractivity contribution is 4.82. The highest BCUT2D eigenvalue weighted by Gasteiger charge is 2.42. The molecule has 1 atom stereocenters. The van der Waals surface area contributed by atoms with E-state index in [1.54, 1.807) is 0 Å². The molecule has 1 saturated carbocycles. The van der Waals surface area contributed by atoms with Gasteiger partial charge >= 0.3 is 0 Å². The van der Waals surface area contributed by atoms with Crippen molar-refractivity contribution in [3.05, 3.63) is 10.1 Å². The van der Waals surface area contributed by atoms with E-state index in [4.69, 9.17) is 9.47 Å². The Balaban J connectivity index is 1.93. The van der Waals surface area contributed by atoms with E-state index in [1.165, 1.54) is 0 Å². The third-order valence-corrected chi connectivity index (χ3v) is 2.99. The van der Waals surface area contributed by atoms with Gasteiger partial charge in [0.05, 0.1) is 13.2 Å². The van der Waals surface area contributed by atoms with Gasteiger partial charge in [-0.25, -0.2) is 0 Å². The van der Waals surface area contributed by atoms with Crippen LogP contribution in [0.3, 0.4) is 0 Å². The zero-order chi connectivity index (χ0) is 10.0. The molecule has 0 radical (unpaired) electrons. The van der Waals surface area contributed by atoms with Crippen molar-refractivity contribution in [2.24, 2.45) is 5.92 Å². The van der Waals surface area contributed by atoms with Crippen LogP contribution in [0.25, 0.3) is 0 Å². The lowest BCUT2D eigenvalue weighted by molar-refractivity contribution is -0.490.